The van der Waals surface area contributed by atoms with Gasteiger partial charge in [-0.25, -0.2) is 0 Å². The molecule has 0 aromatic heterocycles. The van der Waals surface area contributed by atoms with Gasteiger partial charge in [0.05, 0.1) is 0 Å². The zero-order chi connectivity index (χ0) is 18.4. The van der Waals surface area contributed by atoms with Gasteiger partial charge in [-0.1, -0.05) is 41.9 Å². The van der Waals surface area contributed by atoms with E-state index in [2.05, 4.69) is 10.6 Å². The second kappa shape index (κ2) is 8.32. The normalized spacial score (nSPS) is 10.2. The SMILES string of the molecule is O=C(NCc1ccc(Cl)cc1)c1ccc(NC(=O)c2ccccc2)cc1. The Morgan fingerprint density at radius 1 is 0.731 bits per heavy atom. The Bertz CT molecular complexity index is 892. The van der Waals surface area contributed by atoms with Gasteiger partial charge >= 0.3 is 0 Å². The molecule has 3 aromatic carbocycles. The first-order chi connectivity index (χ1) is 12.6. The third kappa shape index (κ3) is 4.71. The molecule has 5 heteroatoms. The second-order valence-electron chi connectivity index (χ2n) is 5.71. The average molecular weight is 365 g/mol. The van der Waals surface area contributed by atoms with Gasteiger partial charge in [0.2, 0.25) is 0 Å². The number of anilines is 1. The summed E-state index contributed by atoms with van der Waals surface area (Å²) in [6.45, 7) is 0.419. The molecule has 3 aromatic rings. The molecule has 130 valence electrons. The summed E-state index contributed by atoms with van der Waals surface area (Å²) in [5, 5.41) is 6.32. The van der Waals surface area contributed by atoms with Gasteiger partial charge in [-0.2, -0.15) is 0 Å². The van der Waals surface area contributed by atoms with Crippen LogP contribution in [0, 0.1) is 0 Å². The molecule has 0 atom stereocenters. The van der Waals surface area contributed by atoms with Crippen molar-refractivity contribution in [3.63, 3.8) is 0 Å². The Hall–Kier alpha value is -3.11. The number of benzene rings is 3. The predicted octanol–water partition coefficient (Wildman–Crippen LogP) is 4.52. The van der Waals surface area contributed by atoms with Gasteiger partial charge < -0.3 is 10.6 Å². The lowest BCUT2D eigenvalue weighted by atomic mass is 10.1. The van der Waals surface area contributed by atoms with E-state index in [-0.39, 0.29) is 11.8 Å². The summed E-state index contributed by atoms with van der Waals surface area (Å²) < 4.78 is 0. The largest absolute Gasteiger partial charge is 0.348 e. The van der Waals surface area contributed by atoms with Gasteiger partial charge in [-0.3, -0.25) is 9.59 Å². The fourth-order valence-corrected chi connectivity index (χ4v) is 2.51. The van der Waals surface area contributed by atoms with Gasteiger partial charge in [0.15, 0.2) is 0 Å². The summed E-state index contributed by atoms with van der Waals surface area (Å²) in [5.74, 6) is -0.369. The second-order valence-corrected chi connectivity index (χ2v) is 6.14. The summed E-state index contributed by atoms with van der Waals surface area (Å²) in [6.07, 6.45) is 0. The zero-order valence-corrected chi connectivity index (χ0v) is 14.7. The maximum Gasteiger partial charge on any atom is 0.255 e. The molecule has 0 aliphatic carbocycles. The molecule has 2 amide bonds. The highest BCUT2D eigenvalue weighted by Crippen LogP contribution is 2.12. The third-order valence-electron chi connectivity index (χ3n) is 3.81. The lowest BCUT2D eigenvalue weighted by Gasteiger charge is -2.08. The topological polar surface area (TPSA) is 58.2 Å². The minimum atomic E-state index is -0.189. The molecule has 4 nitrogen and oxygen atoms in total. The molecule has 0 saturated carbocycles. The lowest BCUT2D eigenvalue weighted by Crippen LogP contribution is -2.22. The van der Waals surface area contributed by atoms with Crippen molar-refractivity contribution in [3.8, 4) is 0 Å². The monoisotopic (exact) mass is 364 g/mol. The van der Waals surface area contributed by atoms with E-state index < -0.39 is 0 Å². The fourth-order valence-electron chi connectivity index (χ4n) is 2.38. The van der Waals surface area contributed by atoms with Gasteiger partial charge in [-0.15, -0.1) is 0 Å². The molecule has 2 N–H and O–H groups in total. The molecule has 0 unspecified atom stereocenters. The van der Waals surface area contributed by atoms with Crippen LogP contribution in [0.2, 0.25) is 5.02 Å². The molecule has 0 aliphatic heterocycles. The molecule has 0 heterocycles. The van der Waals surface area contributed by atoms with Crippen LogP contribution in [0.15, 0.2) is 78.9 Å². The molecule has 0 spiro atoms. The first kappa shape index (κ1) is 17.7. The van der Waals surface area contributed by atoms with Crippen molar-refractivity contribution in [2.45, 2.75) is 6.54 Å². The highest BCUT2D eigenvalue weighted by Gasteiger charge is 2.08. The number of amides is 2. The molecule has 0 fully saturated rings. The lowest BCUT2D eigenvalue weighted by molar-refractivity contribution is 0.0950. The van der Waals surface area contributed by atoms with E-state index in [1.54, 1.807) is 48.5 Å². The van der Waals surface area contributed by atoms with E-state index in [1.165, 1.54) is 0 Å². The number of halogens is 1. The molecule has 0 saturated heterocycles. The quantitative estimate of drug-likeness (QED) is 0.699. The Morgan fingerprint density at radius 3 is 2.00 bits per heavy atom. The Kier molecular flexibility index (Phi) is 5.66. The van der Waals surface area contributed by atoms with Gasteiger partial charge in [0, 0.05) is 28.4 Å². The first-order valence-electron chi connectivity index (χ1n) is 8.11. The van der Waals surface area contributed by atoms with Crippen LogP contribution in [-0.2, 0) is 6.54 Å². The zero-order valence-electron chi connectivity index (χ0n) is 13.9. The number of carbonyl (C=O) groups excluding carboxylic acids is 2. The van der Waals surface area contributed by atoms with E-state index in [9.17, 15) is 9.59 Å². The van der Waals surface area contributed by atoms with Crippen LogP contribution in [0.4, 0.5) is 5.69 Å². The number of hydrogen-bond donors (Lipinski definition) is 2. The third-order valence-corrected chi connectivity index (χ3v) is 4.06. The van der Waals surface area contributed by atoms with Crippen LogP contribution < -0.4 is 10.6 Å². The Labute approximate surface area is 156 Å². The Balaban J connectivity index is 1.57. The minimum absolute atomic E-state index is 0.180. The minimum Gasteiger partial charge on any atom is -0.348 e. The van der Waals surface area contributed by atoms with Crippen molar-refractivity contribution >= 4 is 29.1 Å². The van der Waals surface area contributed by atoms with Crippen LogP contribution in [0.25, 0.3) is 0 Å². The van der Waals surface area contributed by atoms with Crippen molar-refractivity contribution in [2.75, 3.05) is 5.32 Å². The molecule has 0 radical (unpaired) electrons. The summed E-state index contributed by atoms with van der Waals surface area (Å²) in [7, 11) is 0. The fraction of sp³-hybridized carbons (Fsp3) is 0.0476. The van der Waals surface area contributed by atoms with Crippen LogP contribution in [0.5, 0.6) is 0 Å². The smallest absolute Gasteiger partial charge is 0.255 e. The van der Waals surface area contributed by atoms with Gasteiger partial charge in [0.1, 0.15) is 0 Å². The maximum atomic E-state index is 12.2. The molecule has 0 bridgehead atoms. The van der Waals surface area contributed by atoms with Crippen molar-refractivity contribution in [1.82, 2.24) is 5.32 Å². The summed E-state index contributed by atoms with van der Waals surface area (Å²) in [4.78, 5) is 24.3. The van der Waals surface area contributed by atoms with E-state index in [0.717, 1.165) is 5.56 Å². The summed E-state index contributed by atoms with van der Waals surface area (Å²) >= 11 is 5.84. The van der Waals surface area contributed by atoms with E-state index in [0.29, 0.717) is 28.4 Å². The molecule has 3 rings (SSSR count). The van der Waals surface area contributed by atoms with Crippen LogP contribution in [-0.4, -0.2) is 11.8 Å². The highest BCUT2D eigenvalue weighted by molar-refractivity contribution is 6.30. The van der Waals surface area contributed by atoms with E-state index in [4.69, 9.17) is 11.6 Å². The number of hydrogen-bond acceptors (Lipinski definition) is 2. The summed E-state index contributed by atoms with van der Waals surface area (Å²) in [6, 6.07) is 23.0. The van der Waals surface area contributed by atoms with Crippen LogP contribution in [0.1, 0.15) is 26.3 Å². The van der Waals surface area contributed by atoms with Crippen molar-refractivity contribution in [1.29, 1.82) is 0 Å². The number of rotatable bonds is 5. The number of nitrogens with one attached hydrogen (secondary N) is 2. The first-order valence-corrected chi connectivity index (χ1v) is 8.49. The van der Waals surface area contributed by atoms with Gasteiger partial charge in [0.25, 0.3) is 11.8 Å². The summed E-state index contributed by atoms with van der Waals surface area (Å²) in [5.41, 5.74) is 2.71. The van der Waals surface area contributed by atoms with Crippen molar-refractivity contribution in [3.05, 3.63) is 101 Å². The maximum absolute atomic E-state index is 12.2. The average Bonchev–Trinajstić information content (AvgIpc) is 2.68. The van der Waals surface area contributed by atoms with Gasteiger partial charge in [-0.05, 0) is 54.1 Å². The van der Waals surface area contributed by atoms with Crippen LogP contribution in [0.3, 0.4) is 0 Å². The van der Waals surface area contributed by atoms with E-state index in [1.807, 2.05) is 30.3 Å². The Morgan fingerprint density at radius 2 is 1.35 bits per heavy atom. The van der Waals surface area contributed by atoms with Crippen LogP contribution >= 0.6 is 11.6 Å². The van der Waals surface area contributed by atoms with Crippen molar-refractivity contribution in [2.24, 2.45) is 0 Å². The number of carbonyl (C=O) groups is 2. The van der Waals surface area contributed by atoms with Crippen molar-refractivity contribution < 1.29 is 9.59 Å². The predicted molar refractivity (Wildman–Crippen MR) is 103 cm³/mol. The van der Waals surface area contributed by atoms with E-state index >= 15 is 0 Å². The molecule has 0 aliphatic rings. The molecular formula is C21H17ClN2O2. The highest BCUT2D eigenvalue weighted by atomic mass is 35.5. The molecular weight excluding hydrogens is 348 g/mol. The molecule has 26 heavy (non-hydrogen) atoms. The standard InChI is InChI=1S/C21H17ClN2O2/c22-18-10-6-15(7-11-18)14-23-20(25)17-8-12-19(13-9-17)24-21(26)16-4-2-1-3-5-16/h1-13H,14H2,(H,23,25)(H,24,26).